The maximum atomic E-state index is 13.2. The first-order valence-electron chi connectivity index (χ1n) is 32.8. The number of benzene rings is 5. The van der Waals surface area contributed by atoms with Gasteiger partial charge in [-0.15, -0.1) is 23.5 Å². The lowest BCUT2D eigenvalue weighted by Crippen LogP contribution is -2.34. The number of nitrogens with zero attached hydrogens (tertiary/aromatic N) is 3. The molecule has 3 unspecified atom stereocenters. The van der Waals surface area contributed by atoms with Gasteiger partial charge in [-0.1, -0.05) is 120 Å². The van der Waals surface area contributed by atoms with E-state index < -0.39 is 81.2 Å². The van der Waals surface area contributed by atoms with Gasteiger partial charge in [0.1, 0.15) is 47.0 Å². The quantitative estimate of drug-likeness (QED) is 0.0498. The zero-order valence-electron chi connectivity index (χ0n) is 59.7. The number of phenols is 2. The smallest absolute Gasteiger partial charge is 0.200 e. The minimum Gasteiger partial charge on any atom is -0.504 e. The maximum Gasteiger partial charge on any atom is 0.200 e. The lowest BCUT2D eigenvalue weighted by Gasteiger charge is -2.18. The first-order chi connectivity index (χ1) is 49.2. The Morgan fingerprint density at radius 2 is 0.705 bits per heavy atom. The molecule has 0 amide bonds. The van der Waals surface area contributed by atoms with Crippen molar-refractivity contribution in [3.8, 4) is 11.5 Å². The van der Waals surface area contributed by atoms with Crippen LogP contribution < -0.4 is 11.5 Å². The number of nitrogen functional groups attached to an aromatic ring is 2. The topological polar surface area (TPSA) is 376 Å². The monoisotopic (exact) mass is 1660 g/mol. The van der Waals surface area contributed by atoms with Crippen LogP contribution in [-0.4, -0.2) is 207 Å². The molecule has 36 heteroatoms. The molecule has 0 radical (unpaired) electrons. The van der Waals surface area contributed by atoms with E-state index >= 15 is 0 Å². The van der Waals surface area contributed by atoms with Gasteiger partial charge < -0.3 is 82.7 Å². The fourth-order valence-electron chi connectivity index (χ4n) is 11.3. The highest BCUT2D eigenvalue weighted by Gasteiger charge is 2.46. The van der Waals surface area contributed by atoms with Gasteiger partial charge in [0.05, 0.1) is 153 Å². The number of anilines is 2. The molecule has 105 heavy (non-hydrogen) atoms. The summed E-state index contributed by atoms with van der Waals surface area (Å²) in [4.78, 5) is 14.5. The molecule has 0 bridgehead atoms. The van der Waals surface area contributed by atoms with Crippen molar-refractivity contribution in [3.05, 3.63) is 103 Å². The fourth-order valence-corrected chi connectivity index (χ4v) is 21.3. The van der Waals surface area contributed by atoms with Crippen molar-refractivity contribution in [3.63, 3.8) is 0 Å². The first-order valence-corrected chi connectivity index (χ1v) is 41.0. The van der Waals surface area contributed by atoms with Crippen LogP contribution in [0, 0.1) is 0 Å². The van der Waals surface area contributed by atoms with Crippen LogP contribution in [0.4, 0.5) is 11.4 Å². The lowest BCUT2D eigenvalue weighted by atomic mass is 9.97. The number of ether oxygens (including phenoxy) is 9. The van der Waals surface area contributed by atoms with Gasteiger partial charge in [0.15, 0.2) is 57.8 Å². The van der Waals surface area contributed by atoms with E-state index in [4.69, 9.17) is 125 Å². The van der Waals surface area contributed by atoms with Gasteiger partial charge >= 0.3 is 0 Å². The minimum atomic E-state index is -3.90. The van der Waals surface area contributed by atoms with Crippen molar-refractivity contribution in [2.75, 3.05) is 106 Å². The van der Waals surface area contributed by atoms with Gasteiger partial charge in [0, 0.05) is 44.7 Å². The molecule has 10 atom stereocenters. The highest BCUT2D eigenvalue weighted by molar-refractivity contribution is 8.00. The number of aromatic nitrogens is 3. The van der Waals surface area contributed by atoms with Gasteiger partial charge in [0.2, 0.25) is 17.7 Å². The molecule has 8 heterocycles. The summed E-state index contributed by atoms with van der Waals surface area (Å²) in [6.07, 6.45) is -2.14. The number of thioether (sulfide) groups is 2. The van der Waals surface area contributed by atoms with E-state index in [1.807, 2.05) is 45.0 Å². The summed E-state index contributed by atoms with van der Waals surface area (Å²) in [6, 6.07) is 16.0. The van der Waals surface area contributed by atoms with Gasteiger partial charge in [-0.2, -0.15) is 0 Å². The standard InChI is InChI=1S/C16H20ClNO5S.C16H20ClNO3S.C15H18ClNO3S.2C11H14ClNO5S/c1-16(2,3)15-18-10-6-5-9(17)14(13(10)23-15)24(19,20)12-8-22-7-11(12)21-4;1-16(2,3)15-18-10-6-5-9(17)14(13(10)21-15)22-12-8-20-7-11(12)19-4;1-15(2,3)14-17-9-5-4-8(16)13(12(9)20-14)21-11-7-19-6-10(11)18;2*1-17-8-4-18-5-9(8)19(15,16)11-6(12)2-3-7(13)10(11)14/h5-6,11-12H,7-8H2,1-4H3;5-6,11-12H,7-8H2,1-4H3;4-5,10-11,18H,6-7H2,1-3H3;2*2-3,8-9,14H,4-5,13H2,1H3/t2*11-,12?;10-,11?;8-,9+;8-,9-/m00000/s1. The fraction of sp³-hybridized carbons (Fsp3) is 0.522. The van der Waals surface area contributed by atoms with Gasteiger partial charge in [-0.3, -0.25) is 0 Å². The van der Waals surface area contributed by atoms with E-state index in [9.17, 15) is 40.6 Å². The van der Waals surface area contributed by atoms with Crippen LogP contribution in [-0.2, 0) is 88.4 Å². The Hall–Kier alpha value is -4.69. The van der Waals surface area contributed by atoms with Crippen LogP contribution in [0.15, 0.2) is 98.4 Å². The summed E-state index contributed by atoms with van der Waals surface area (Å²) >= 11 is 33.9. The summed E-state index contributed by atoms with van der Waals surface area (Å²) in [6.45, 7) is 21.0. The van der Waals surface area contributed by atoms with Crippen LogP contribution in [0.2, 0.25) is 25.1 Å². The van der Waals surface area contributed by atoms with Crippen LogP contribution in [0.5, 0.6) is 11.5 Å². The second kappa shape index (κ2) is 34.3. The molecule has 0 saturated carbocycles. The molecule has 0 spiro atoms. The Labute approximate surface area is 643 Å². The molecular weight excluding hydrogens is 1570 g/mol. The molecule has 3 aromatic heterocycles. The van der Waals surface area contributed by atoms with E-state index in [2.05, 4.69) is 56.5 Å². The summed E-state index contributed by atoms with van der Waals surface area (Å²) in [7, 11) is -5.61. The Morgan fingerprint density at radius 3 is 1.07 bits per heavy atom. The molecule has 13 rings (SSSR count). The third-order valence-electron chi connectivity index (χ3n) is 17.3. The van der Waals surface area contributed by atoms with Crippen LogP contribution in [0.25, 0.3) is 33.3 Å². The number of oxazole rings is 3. The number of aliphatic hydroxyl groups excluding tert-OH is 1. The molecule has 26 nitrogen and oxygen atoms in total. The second-order valence-corrected chi connectivity index (χ2v) is 38.9. The number of halogens is 5. The van der Waals surface area contributed by atoms with E-state index in [1.54, 1.807) is 24.9 Å². The Morgan fingerprint density at radius 1 is 0.410 bits per heavy atom. The maximum absolute atomic E-state index is 13.2. The summed E-state index contributed by atoms with van der Waals surface area (Å²) in [5.74, 6) is 0.799. The molecule has 8 aromatic rings. The number of rotatable bonds is 14. The molecule has 0 aliphatic carbocycles. The molecule has 578 valence electrons. The van der Waals surface area contributed by atoms with Crippen molar-refractivity contribution in [2.24, 2.45) is 0 Å². The van der Waals surface area contributed by atoms with Crippen LogP contribution in [0.1, 0.15) is 80.0 Å². The van der Waals surface area contributed by atoms with Crippen LogP contribution in [0.3, 0.4) is 0 Å². The van der Waals surface area contributed by atoms with Crippen molar-refractivity contribution in [2.45, 2.75) is 160 Å². The van der Waals surface area contributed by atoms with Crippen molar-refractivity contribution in [1.82, 2.24) is 15.0 Å². The van der Waals surface area contributed by atoms with E-state index in [-0.39, 0.29) is 119 Å². The summed E-state index contributed by atoms with van der Waals surface area (Å²) in [5, 5.41) is 28.4. The number of methoxy groups -OCH3 is 4. The highest BCUT2D eigenvalue weighted by Crippen LogP contribution is 2.46. The average molecular weight is 1660 g/mol. The third-order valence-corrected chi connectivity index (χ3v) is 28.8. The number of hydrogen-bond donors (Lipinski definition) is 5. The first kappa shape index (κ1) is 84.3. The number of nitrogens with two attached hydrogens (primary N) is 2. The van der Waals surface area contributed by atoms with E-state index in [0.29, 0.717) is 59.4 Å². The Balaban J connectivity index is 0.000000152. The van der Waals surface area contributed by atoms with Gasteiger partial charge in [-0.25, -0.2) is 40.2 Å². The minimum absolute atomic E-state index is 0.00852. The molecule has 5 fully saturated rings. The largest absolute Gasteiger partial charge is 0.504 e. The zero-order chi connectivity index (χ0) is 77.2. The molecule has 7 N–H and O–H groups in total. The SMILES string of the molecule is CC(C)(C)c1nc2ccc(Cl)c(SC3COC[C@@H]3O)c2o1.CO[C@H]1COCC1S(=O)(=O)c1c(Cl)ccc2nc(C(C)(C)C)oc12.CO[C@H]1COCC1Sc1c(Cl)ccc2nc(C(C)(C)C)oc12.CO[C@H]1COC[C@@H]1S(=O)(=O)c1c(Cl)ccc(N)c1O.CO[C@H]1COC[C@H]1S(=O)(=O)c1c(Cl)ccc(N)c1O. The lowest BCUT2D eigenvalue weighted by molar-refractivity contribution is 0.0829. The third kappa shape index (κ3) is 18.7. The molecule has 5 aromatic carbocycles. The van der Waals surface area contributed by atoms with Gasteiger partial charge in [-0.05, 0) is 60.7 Å². The normalized spacial score (nSPS) is 23.0. The summed E-state index contributed by atoms with van der Waals surface area (Å²) in [5.41, 5.74) is 14.0. The number of phenolic OH excluding ortho intramolecular Hbond substituents is 2. The van der Waals surface area contributed by atoms with Gasteiger partial charge in [0.25, 0.3) is 0 Å². The molecular formula is C69H86Cl5N5O21S5. The molecule has 5 saturated heterocycles. The number of fused-ring (bicyclic) bond motifs is 3. The number of aromatic hydroxyl groups is 2. The van der Waals surface area contributed by atoms with E-state index in [1.165, 1.54) is 63.4 Å². The average Bonchev–Trinajstić information content (AvgIpc) is 1.71. The molecule has 5 aliphatic rings. The zero-order valence-corrected chi connectivity index (χ0v) is 67.6. The predicted molar refractivity (Wildman–Crippen MR) is 404 cm³/mol. The highest BCUT2D eigenvalue weighted by atomic mass is 35.5. The second-order valence-electron chi connectivity index (χ2n) is 28.0. The van der Waals surface area contributed by atoms with E-state index in [0.717, 1.165) is 32.3 Å². The van der Waals surface area contributed by atoms with Crippen molar-refractivity contribution >= 4 is 156 Å². The Bertz CT molecular complexity index is 4650. The van der Waals surface area contributed by atoms with Crippen molar-refractivity contribution in [1.29, 1.82) is 0 Å². The summed E-state index contributed by atoms with van der Waals surface area (Å²) < 4.78 is 141. The number of hydrogen-bond acceptors (Lipinski definition) is 28. The Kier molecular flexibility index (Phi) is 27.5. The van der Waals surface area contributed by atoms with Crippen molar-refractivity contribution < 1.29 is 96.5 Å². The number of sulfone groups is 3. The van der Waals surface area contributed by atoms with Crippen LogP contribution >= 0.6 is 81.5 Å². The molecule has 5 aliphatic heterocycles. The predicted octanol–water partition coefficient (Wildman–Crippen LogP) is 12.5. The number of aliphatic hydroxyl groups is 1.